The smallest absolute Gasteiger partial charge is 0.321 e. The van der Waals surface area contributed by atoms with Gasteiger partial charge in [0.15, 0.2) is 11.6 Å². The molecule has 1 saturated heterocycles. The third-order valence-corrected chi connectivity index (χ3v) is 5.80. The van der Waals surface area contributed by atoms with E-state index < -0.39 is 0 Å². The minimum absolute atomic E-state index is 0.103. The summed E-state index contributed by atoms with van der Waals surface area (Å²) in [5.41, 5.74) is 8.29. The van der Waals surface area contributed by atoms with Gasteiger partial charge >= 0.3 is 6.03 Å². The molecule has 4 rings (SSSR count). The number of hydrogen-bond donors (Lipinski definition) is 2. The maximum atomic E-state index is 12.8. The lowest BCUT2D eigenvalue weighted by molar-refractivity contribution is 0.208. The van der Waals surface area contributed by atoms with Crippen molar-refractivity contribution in [3.8, 4) is 5.75 Å². The van der Waals surface area contributed by atoms with Gasteiger partial charge in [0.1, 0.15) is 6.61 Å². The van der Waals surface area contributed by atoms with Gasteiger partial charge in [0.2, 0.25) is 5.95 Å². The van der Waals surface area contributed by atoms with Crippen LogP contribution >= 0.6 is 15.9 Å². The Morgan fingerprint density at radius 1 is 1.15 bits per heavy atom. The van der Waals surface area contributed by atoms with Crippen molar-refractivity contribution >= 4 is 39.4 Å². The number of anilines is 3. The Labute approximate surface area is 201 Å². The Morgan fingerprint density at radius 2 is 1.97 bits per heavy atom. The summed E-state index contributed by atoms with van der Waals surface area (Å²) < 4.78 is 6.92. The predicted molar refractivity (Wildman–Crippen MR) is 131 cm³/mol. The summed E-state index contributed by atoms with van der Waals surface area (Å²) in [6.45, 7) is 4.82. The van der Waals surface area contributed by atoms with Crippen LogP contribution in [-0.4, -0.2) is 52.1 Å². The predicted octanol–water partition coefficient (Wildman–Crippen LogP) is 3.71. The van der Waals surface area contributed by atoms with Crippen molar-refractivity contribution in [3.05, 3.63) is 64.5 Å². The van der Waals surface area contributed by atoms with Crippen LogP contribution in [-0.2, 0) is 13.0 Å². The Kier molecular flexibility index (Phi) is 7.23. The van der Waals surface area contributed by atoms with E-state index in [0.717, 1.165) is 28.0 Å². The molecular weight excluding hydrogens is 486 g/mol. The van der Waals surface area contributed by atoms with Crippen LogP contribution in [0.1, 0.15) is 18.2 Å². The largest absolute Gasteiger partial charge is 0.483 e. The molecule has 1 aromatic carbocycles. The van der Waals surface area contributed by atoms with Gasteiger partial charge in [-0.05, 0) is 48.4 Å². The van der Waals surface area contributed by atoms with Crippen LogP contribution in [0.4, 0.5) is 22.2 Å². The second-order valence-corrected chi connectivity index (χ2v) is 8.54. The summed E-state index contributed by atoms with van der Waals surface area (Å²) in [6.07, 6.45) is 4.25. The fourth-order valence-electron chi connectivity index (χ4n) is 3.63. The molecule has 172 valence electrons. The first-order valence-corrected chi connectivity index (χ1v) is 11.6. The summed E-state index contributed by atoms with van der Waals surface area (Å²) in [5, 5.41) is 3.01. The van der Waals surface area contributed by atoms with Crippen LogP contribution in [0.3, 0.4) is 0 Å². The van der Waals surface area contributed by atoms with Gasteiger partial charge in [-0.15, -0.1) is 0 Å². The number of hydrogen-bond acceptors (Lipinski definition) is 7. The number of carbonyl (C=O) groups is 1. The highest BCUT2D eigenvalue weighted by Crippen LogP contribution is 2.27. The second kappa shape index (κ2) is 10.5. The van der Waals surface area contributed by atoms with E-state index in [1.54, 1.807) is 18.5 Å². The van der Waals surface area contributed by atoms with Gasteiger partial charge in [0, 0.05) is 48.7 Å². The third-order valence-electron chi connectivity index (χ3n) is 5.34. The lowest BCUT2D eigenvalue weighted by atomic mass is 10.1. The van der Waals surface area contributed by atoms with Gasteiger partial charge in [0.05, 0.1) is 5.69 Å². The number of ether oxygens (including phenoxy) is 1. The van der Waals surface area contributed by atoms with Gasteiger partial charge in [-0.25, -0.2) is 19.7 Å². The number of aryl methyl sites for hydroxylation is 1. The molecule has 1 fully saturated rings. The summed E-state index contributed by atoms with van der Waals surface area (Å²) in [6, 6.07) is 11.3. The first kappa shape index (κ1) is 22.8. The van der Waals surface area contributed by atoms with E-state index in [-0.39, 0.29) is 18.6 Å². The molecule has 10 heteroatoms. The van der Waals surface area contributed by atoms with E-state index in [4.69, 9.17) is 10.5 Å². The van der Waals surface area contributed by atoms with Crippen LogP contribution < -0.4 is 20.7 Å². The van der Waals surface area contributed by atoms with Gasteiger partial charge in [-0.3, -0.25) is 0 Å². The molecule has 0 unspecified atom stereocenters. The monoisotopic (exact) mass is 511 g/mol. The maximum absolute atomic E-state index is 12.8. The van der Waals surface area contributed by atoms with Gasteiger partial charge in [0.25, 0.3) is 0 Å². The molecule has 1 aliphatic heterocycles. The van der Waals surface area contributed by atoms with Crippen LogP contribution in [0.5, 0.6) is 5.75 Å². The zero-order chi connectivity index (χ0) is 23.2. The summed E-state index contributed by atoms with van der Waals surface area (Å²) in [7, 11) is 0. The fraction of sp³-hybridized carbons (Fsp3) is 0.304. The molecule has 0 spiro atoms. The number of carbonyl (C=O) groups excluding carboxylic acids is 1. The average molecular weight is 512 g/mol. The first-order chi connectivity index (χ1) is 16.0. The summed E-state index contributed by atoms with van der Waals surface area (Å²) >= 11 is 3.51. The zero-order valence-electron chi connectivity index (χ0n) is 18.4. The van der Waals surface area contributed by atoms with E-state index in [2.05, 4.69) is 54.1 Å². The zero-order valence-corrected chi connectivity index (χ0v) is 20.0. The maximum Gasteiger partial charge on any atom is 0.321 e. The number of nitrogens with one attached hydrogen (secondary N) is 1. The average Bonchev–Trinajstić information content (AvgIpc) is 2.82. The minimum atomic E-state index is -0.103. The van der Waals surface area contributed by atoms with Crippen molar-refractivity contribution < 1.29 is 9.53 Å². The number of amides is 2. The van der Waals surface area contributed by atoms with Gasteiger partial charge in [-0.1, -0.05) is 22.9 Å². The highest BCUT2D eigenvalue weighted by molar-refractivity contribution is 9.10. The number of piperazine rings is 1. The Hall–Kier alpha value is -3.40. The highest BCUT2D eigenvalue weighted by atomic mass is 79.9. The van der Waals surface area contributed by atoms with Gasteiger partial charge in [-0.2, -0.15) is 0 Å². The molecule has 2 amide bonds. The van der Waals surface area contributed by atoms with Crippen LogP contribution in [0, 0.1) is 0 Å². The molecule has 3 heterocycles. The quantitative estimate of drug-likeness (QED) is 0.518. The van der Waals surface area contributed by atoms with Crippen molar-refractivity contribution in [2.45, 2.75) is 20.0 Å². The van der Waals surface area contributed by atoms with Crippen molar-refractivity contribution in [1.82, 2.24) is 19.9 Å². The Balaban J connectivity index is 1.36. The standard InChI is InChI=1S/C23H26BrN7O2/c1-2-16-12-17(24)14-19(13-16)29-23(32)31-10-8-30(9-11-31)21-20(4-3-6-26-21)33-15-18-5-7-27-22(25)28-18/h3-7,12-14H,2,8-11,15H2,1H3,(H,29,32)(H2,25,27,28). The molecule has 0 radical (unpaired) electrons. The minimum Gasteiger partial charge on any atom is -0.483 e. The molecule has 0 atom stereocenters. The molecule has 33 heavy (non-hydrogen) atoms. The Bertz CT molecular complexity index is 1120. The Morgan fingerprint density at radius 3 is 2.73 bits per heavy atom. The molecule has 9 nitrogen and oxygen atoms in total. The van der Waals surface area contributed by atoms with Crippen LogP contribution in [0.25, 0.3) is 0 Å². The van der Waals surface area contributed by atoms with Crippen LogP contribution in [0.15, 0.2) is 53.3 Å². The second-order valence-electron chi connectivity index (χ2n) is 7.63. The van der Waals surface area contributed by atoms with Crippen molar-refractivity contribution in [2.24, 2.45) is 0 Å². The number of nitrogen functional groups attached to an aromatic ring is 1. The molecule has 0 saturated carbocycles. The number of benzene rings is 1. The highest BCUT2D eigenvalue weighted by Gasteiger charge is 2.24. The number of nitrogens with zero attached hydrogens (tertiary/aromatic N) is 5. The summed E-state index contributed by atoms with van der Waals surface area (Å²) in [5.74, 6) is 1.62. The lowest BCUT2D eigenvalue weighted by Crippen LogP contribution is -2.50. The van der Waals surface area contributed by atoms with E-state index >= 15 is 0 Å². The number of halogens is 1. The van der Waals surface area contributed by atoms with Gasteiger partial charge < -0.3 is 25.6 Å². The van der Waals surface area contributed by atoms with Crippen molar-refractivity contribution in [2.75, 3.05) is 42.1 Å². The van der Waals surface area contributed by atoms with Crippen molar-refractivity contribution in [1.29, 1.82) is 0 Å². The normalized spacial score (nSPS) is 13.6. The summed E-state index contributed by atoms with van der Waals surface area (Å²) in [4.78, 5) is 29.3. The molecule has 1 aliphatic rings. The molecule has 3 aromatic rings. The van der Waals surface area contributed by atoms with Crippen molar-refractivity contribution in [3.63, 3.8) is 0 Å². The number of urea groups is 1. The van der Waals surface area contributed by atoms with E-state index in [0.29, 0.717) is 37.6 Å². The molecule has 0 aliphatic carbocycles. The topological polar surface area (TPSA) is 110 Å². The number of pyridine rings is 1. The number of aromatic nitrogens is 3. The molecule has 2 aromatic heterocycles. The molecule has 3 N–H and O–H groups in total. The SMILES string of the molecule is CCc1cc(Br)cc(NC(=O)N2CCN(c3ncccc3OCc3ccnc(N)n3)CC2)c1. The molecular formula is C23H26BrN7O2. The first-order valence-electron chi connectivity index (χ1n) is 10.8. The van der Waals surface area contributed by atoms with E-state index in [9.17, 15) is 4.79 Å². The lowest BCUT2D eigenvalue weighted by Gasteiger charge is -2.35. The van der Waals surface area contributed by atoms with E-state index in [1.165, 1.54) is 0 Å². The third kappa shape index (κ3) is 5.89. The molecule has 0 bridgehead atoms. The van der Waals surface area contributed by atoms with Crippen LogP contribution in [0.2, 0.25) is 0 Å². The number of nitrogens with two attached hydrogens (primary N) is 1. The van der Waals surface area contributed by atoms with E-state index in [1.807, 2.05) is 29.2 Å². The fourth-order valence-corrected chi connectivity index (χ4v) is 4.17. The number of rotatable bonds is 6.